The molecule has 6 heteroatoms. The molecule has 1 aromatic heterocycles. The van der Waals surface area contributed by atoms with E-state index in [0.29, 0.717) is 17.7 Å². The van der Waals surface area contributed by atoms with Gasteiger partial charge in [0.15, 0.2) is 0 Å². The SMILES string of the molecule is CCc1c(Cl)[nH]c(=O)n(-c2cccc(I)c2)c1=O. The number of hydrogen-bond donors (Lipinski definition) is 1. The fourth-order valence-electron chi connectivity index (χ4n) is 1.70. The average Bonchev–Trinajstić information content (AvgIpc) is 2.28. The normalized spacial score (nSPS) is 10.6. The van der Waals surface area contributed by atoms with E-state index in [2.05, 4.69) is 27.6 Å². The number of aromatic amines is 1. The van der Waals surface area contributed by atoms with Crippen LogP contribution in [0.2, 0.25) is 5.15 Å². The summed E-state index contributed by atoms with van der Waals surface area (Å²) >= 11 is 7.98. The summed E-state index contributed by atoms with van der Waals surface area (Å²) in [6, 6.07) is 7.17. The van der Waals surface area contributed by atoms with Crippen molar-refractivity contribution in [2.45, 2.75) is 13.3 Å². The van der Waals surface area contributed by atoms with Crippen LogP contribution in [0.25, 0.3) is 5.69 Å². The number of benzene rings is 1. The maximum atomic E-state index is 12.2. The lowest BCUT2D eigenvalue weighted by atomic mass is 10.2. The van der Waals surface area contributed by atoms with Gasteiger partial charge in [0.1, 0.15) is 5.15 Å². The fraction of sp³-hybridized carbons (Fsp3) is 0.167. The molecule has 18 heavy (non-hydrogen) atoms. The lowest BCUT2D eigenvalue weighted by Crippen LogP contribution is -2.36. The van der Waals surface area contributed by atoms with Crippen LogP contribution < -0.4 is 11.2 Å². The average molecular weight is 377 g/mol. The topological polar surface area (TPSA) is 54.9 Å². The van der Waals surface area contributed by atoms with E-state index in [1.54, 1.807) is 18.2 Å². The molecule has 94 valence electrons. The Hall–Kier alpha value is -1.08. The highest BCUT2D eigenvalue weighted by molar-refractivity contribution is 14.1. The molecule has 0 fully saturated rings. The minimum atomic E-state index is -0.524. The predicted molar refractivity (Wildman–Crippen MR) is 79.8 cm³/mol. The molecule has 0 saturated carbocycles. The standard InChI is InChI=1S/C12H10ClIN2O2/c1-2-9-10(13)15-12(18)16(11(9)17)8-5-3-4-7(14)6-8/h3-6H,2H2,1H3,(H,15,18). The van der Waals surface area contributed by atoms with Crippen LogP contribution >= 0.6 is 34.2 Å². The van der Waals surface area contributed by atoms with Crippen molar-refractivity contribution < 1.29 is 0 Å². The number of nitrogens with zero attached hydrogens (tertiary/aromatic N) is 1. The number of rotatable bonds is 2. The first-order valence-electron chi connectivity index (χ1n) is 5.34. The molecular formula is C12H10ClIN2O2. The maximum Gasteiger partial charge on any atom is 0.334 e. The second-order valence-electron chi connectivity index (χ2n) is 3.70. The zero-order valence-corrected chi connectivity index (χ0v) is 12.4. The van der Waals surface area contributed by atoms with Crippen molar-refractivity contribution in [1.82, 2.24) is 9.55 Å². The van der Waals surface area contributed by atoms with Crippen molar-refractivity contribution in [2.24, 2.45) is 0 Å². The fourth-order valence-corrected chi connectivity index (χ4v) is 2.52. The summed E-state index contributed by atoms with van der Waals surface area (Å²) in [4.78, 5) is 26.6. The third-order valence-electron chi connectivity index (χ3n) is 2.57. The molecule has 0 unspecified atom stereocenters. The number of H-pyrrole nitrogens is 1. The molecule has 0 spiro atoms. The third-order valence-corrected chi connectivity index (χ3v) is 3.56. The summed E-state index contributed by atoms with van der Waals surface area (Å²) < 4.78 is 2.05. The first-order chi connectivity index (χ1) is 8.54. The van der Waals surface area contributed by atoms with Crippen molar-refractivity contribution in [1.29, 1.82) is 0 Å². The van der Waals surface area contributed by atoms with Crippen LogP contribution in [-0.2, 0) is 6.42 Å². The maximum absolute atomic E-state index is 12.2. The first kappa shape index (κ1) is 13.4. The first-order valence-corrected chi connectivity index (χ1v) is 6.80. The Kier molecular flexibility index (Phi) is 3.91. The summed E-state index contributed by atoms with van der Waals surface area (Å²) in [6.45, 7) is 1.82. The van der Waals surface area contributed by atoms with Gasteiger partial charge < -0.3 is 0 Å². The van der Waals surface area contributed by atoms with E-state index >= 15 is 0 Å². The molecule has 0 bridgehead atoms. The third kappa shape index (κ3) is 2.37. The molecule has 0 aliphatic carbocycles. The zero-order valence-electron chi connectivity index (χ0n) is 9.54. The summed E-state index contributed by atoms with van der Waals surface area (Å²) in [5, 5.41) is 0.120. The van der Waals surface area contributed by atoms with Gasteiger partial charge in [-0.2, -0.15) is 0 Å². The monoisotopic (exact) mass is 376 g/mol. The van der Waals surface area contributed by atoms with Gasteiger partial charge in [0.25, 0.3) is 5.56 Å². The van der Waals surface area contributed by atoms with Crippen LogP contribution in [0.4, 0.5) is 0 Å². The van der Waals surface area contributed by atoms with Crippen LogP contribution in [0.3, 0.4) is 0 Å². The Balaban J connectivity index is 2.80. The van der Waals surface area contributed by atoms with Crippen molar-refractivity contribution >= 4 is 34.2 Å². The molecule has 4 nitrogen and oxygen atoms in total. The van der Waals surface area contributed by atoms with Gasteiger partial charge in [-0.25, -0.2) is 9.36 Å². The molecule has 2 aromatic rings. The summed E-state index contributed by atoms with van der Waals surface area (Å²) in [5.41, 5.74) is 0.0621. The van der Waals surface area contributed by atoms with Crippen LogP contribution in [0, 0.1) is 3.57 Å². The second kappa shape index (κ2) is 5.27. The lowest BCUT2D eigenvalue weighted by molar-refractivity contribution is 0.841. The molecule has 0 atom stereocenters. The van der Waals surface area contributed by atoms with Crippen LogP contribution in [0.5, 0.6) is 0 Å². The summed E-state index contributed by atoms with van der Waals surface area (Å²) in [5.74, 6) is 0. The van der Waals surface area contributed by atoms with E-state index in [4.69, 9.17) is 11.6 Å². The highest BCUT2D eigenvalue weighted by atomic mass is 127. The molecule has 1 N–H and O–H groups in total. The van der Waals surface area contributed by atoms with E-state index in [1.807, 2.05) is 13.0 Å². The highest BCUT2D eigenvalue weighted by Crippen LogP contribution is 2.11. The molecular weight excluding hydrogens is 367 g/mol. The van der Waals surface area contributed by atoms with E-state index in [9.17, 15) is 9.59 Å². The van der Waals surface area contributed by atoms with Gasteiger partial charge in [-0.05, 0) is 47.2 Å². The Bertz CT molecular complexity index is 706. The minimum Gasteiger partial charge on any atom is -0.297 e. The molecule has 0 aliphatic rings. The molecule has 2 rings (SSSR count). The lowest BCUT2D eigenvalue weighted by Gasteiger charge is -2.08. The molecule has 0 aliphatic heterocycles. The molecule has 0 radical (unpaired) electrons. The Morgan fingerprint density at radius 2 is 2.11 bits per heavy atom. The summed E-state index contributed by atoms with van der Waals surface area (Å²) in [6.07, 6.45) is 0.471. The Morgan fingerprint density at radius 3 is 2.72 bits per heavy atom. The number of aromatic nitrogens is 2. The predicted octanol–water partition coefficient (Wildman–Crippen LogP) is 2.35. The minimum absolute atomic E-state index is 0.120. The second-order valence-corrected chi connectivity index (χ2v) is 5.32. The molecule has 0 amide bonds. The van der Waals surface area contributed by atoms with Crippen LogP contribution in [0.1, 0.15) is 12.5 Å². The van der Waals surface area contributed by atoms with Crippen LogP contribution in [-0.4, -0.2) is 9.55 Å². The van der Waals surface area contributed by atoms with Crippen molar-refractivity contribution in [3.05, 3.63) is 59.4 Å². The van der Waals surface area contributed by atoms with Crippen molar-refractivity contribution in [3.8, 4) is 5.69 Å². The summed E-state index contributed by atoms with van der Waals surface area (Å²) in [7, 11) is 0. The molecule has 0 saturated heterocycles. The smallest absolute Gasteiger partial charge is 0.297 e. The largest absolute Gasteiger partial charge is 0.334 e. The number of halogens is 2. The van der Waals surface area contributed by atoms with Gasteiger partial charge in [-0.1, -0.05) is 24.6 Å². The Morgan fingerprint density at radius 1 is 1.39 bits per heavy atom. The van der Waals surface area contributed by atoms with E-state index in [0.717, 1.165) is 8.14 Å². The molecule has 1 aromatic carbocycles. The van der Waals surface area contributed by atoms with Crippen molar-refractivity contribution in [2.75, 3.05) is 0 Å². The van der Waals surface area contributed by atoms with Gasteiger partial charge >= 0.3 is 5.69 Å². The van der Waals surface area contributed by atoms with Crippen molar-refractivity contribution in [3.63, 3.8) is 0 Å². The van der Waals surface area contributed by atoms with Gasteiger partial charge in [-0.3, -0.25) is 9.78 Å². The zero-order chi connectivity index (χ0) is 13.3. The highest BCUT2D eigenvalue weighted by Gasteiger charge is 2.12. The number of hydrogen-bond acceptors (Lipinski definition) is 2. The number of nitrogens with one attached hydrogen (secondary N) is 1. The molecule has 1 heterocycles. The quantitative estimate of drug-likeness (QED) is 0.646. The van der Waals surface area contributed by atoms with Gasteiger partial charge in [0.2, 0.25) is 0 Å². The Labute approximate surface area is 122 Å². The van der Waals surface area contributed by atoms with Crippen LogP contribution in [0.15, 0.2) is 33.9 Å². The van der Waals surface area contributed by atoms with Gasteiger partial charge in [-0.15, -0.1) is 0 Å². The van der Waals surface area contributed by atoms with E-state index in [-0.39, 0.29) is 10.7 Å². The van der Waals surface area contributed by atoms with E-state index in [1.165, 1.54) is 0 Å². The van der Waals surface area contributed by atoms with E-state index < -0.39 is 5.69 Å². The van der Waals surface area contributed by atoms with Gasteiger partial charge in [0, 0.05) is 3.57 Å². The van der Waals surface area contributed by atoms with Gasteiger partial charge in [0.05, 0.1) is 11.3 Å².